The minimum absolute atomic E-state index is 0.0378. The molecule has 2 aromatic carbocycles. The topological polar surface area (TPSA) is 78.4 Å². The fraction of sp³-hybridized carbons (Fsp3) is 0.273. The largest absolute Gasteiger partial charge is 0.336 e. The molecule has 0 unspecified atom stereocenters. The Hall–Kier alpha value is -2.81. The number of nitrogens with zero attached hydrogens (tertiary/aromatic N) is 4. The number of hydrogen-bond donors (Lipinski definition) is 1. The molecule has 1 aliphatic heterocycles. The van der Waals surface area contributed by atoms with Gasteiger partial charge in [0, 0.05) is 42.3 Å². The van der Waals surface area contributed by atoms with Gasteiger partial charge in [0.2, 0.25) is 11.0 Å². The molecule has 1 N–H and O–H groups in total. The van der Waals surface area contributed by atoms with Gasteiger partial charge in [-0.2, -0.15) is 0 Å². The van der Waals surface area contributed by atoms with Crippen LogP contribution >= 0.6 is 22.9 Å². The Labute approximate surface area is 189 Å². The van der Waals surface area contributed by atoms with Crippen LogP contribution in [0.15, 0.2) is 48.5 Å². The van der Waals surface area contributed by atoms with Gasteiger partial charge in [0.25, 0.3) is 5.91 Å². The molecule has 1 aliphatic rings. The van der Waals surface area contributed by atoms with Crippen molar-refractivity contribution in [1.29, 1.82) is 0 Å². The van der Waals surface area contributed by atoms with Crippen LogP contribution in [0.2, 0.25) is 5.02 Å². The van der Waals surface area contributed by atoms with Crippen molar-refractivity contribution in [2.75, 3.05) is 38.0 Å². The maximum atomic E-state index is 12.6. The average Bonchev–Trinajstić information content (AvgIpc) is 3.22. The molecule has 7 nitrogen and oxygen atoms in total. The third-order valence-corrected chi connectivity index (χ3v) is 6.16. The van der Waals surface area contributed by atoms with Crippen molar-refractivity contribution in [1.82, 2.24) is 20.0 Å². The Balaban J connectivity index is 1.27. The molecule has 160 valence electrons. The van der Waals surface area contributed by atoms with Gasteiger partial charge in [-0.05, 0) is 31.2 Å². The highest BCUT2D eigenvalue weighted by atomic mass is 35.5. The van der Waals surface area contributed by atoms with Crippen LogP contribution in [-0.4, -0.2) is 64.5 Å². The molecule has 0 saturated carbocycles. The highest BCUT2D eigenvalue weighted by molar-refractivity contribution is 7.18. The van der Waals surface area contributed by atoms with Crippen molar-refractivity contribution in [3.8, 4) is 10.6 Å². The summed E-state index contributed by atoms with van der Waals surface area (Å²) in [6, 6.07) is 15.0. The highest BCUT2D eigenvalue weighted by Gasteiger charge is 2.23. The normalized spacial score (nSPS) is 14.5. The summed E-state index contributed by atoms with van der Waals surface area (Å²) >= 11 is 7.34. The van der Waals surface area contributed by atoms with Crippen LogP contribution in [0.25, 0.3) is 10.6 Å². The lowest BCUT2D eigenvalue weighted by Crippen LogP contribution is -2.50. The van der Waals surface area contributed by atoms with Gasteiger partial charge in [0.05, 0.1) is 6.54 Å². The van der Waals surface area contributed by atoms with Crippen LogP contribution in [0, 0.1) is 6.92 Å². The predicted molar refractivity (Wildman–Crippen MR) is 123 cm³/mol. The van der Waals surface area contributed by atoms with Gasteiger partial charge in [-0.1, -0.05) is 52.8 Å². The van der Waals surface area contributed by atoms with Gasteiger partial charge in [-0.15, -0.1) is 10.2 Å². The zero-order valence-corrected chi connectivity index (χ0v) is 18.6. The van der Waals surface area contributed by atoms with E-state index in [1.807, 2.05) is 36.1 Å². The molecule has 0 aliphatic carbocycles. The van der Waals surface area contributed by atoms with E-state index in [4.69, 9.17) is 11.6 Å². The summed E-state index contributed by atoms with van der Waals surface area (Å²) in [6.07, 6.45) is 0. The lowest BCUT2D eigenvalue weighted by Gasteiger charge is -2.34. The summed E-state index contributed by atoms with van der Waals surface area (Å²) in [6.45, 7) is 4.66. The second-order valence-corrected chi connectivity index (χ2v) is 8.82. The molecule has 0 spiro atoms. The van der Waals surface area contributed by atoms with E-state index in [0.29, 0.717) is 41.9 Å². The SMILES string of the molecule is Cc1cccc(-c2nnc(NC(=O)CN3CCN(C(=O)c4cccc(Cl)c4)CC3)s2)c1. The molecule has 1 saturated heterocycles. The molecule has 31 heavy (non-hydrogen) atoms. The number of anilines is 1. The summed E-state index contributed by atoms with van der Waals surface area (Å²) in [5.74, 6) is -0.175. The van der Waals surface area contributed by atoms with Crippen LogP contribution in [0.4, 0.5) is 5.13 Å². The number of piperazine rings is 1. The van der Waals surface area contributed by atoms with Crippen LogP contribution in [-0.2, 0) is 4.79 Å². The van der Waals surface area contributed by atoms with E-state index in [2.05, 4.69) is 15.5 Å². The van der Waals surface area contributed by atoms with E-state index in [-0.39, 0.29) is 18.4 Å². The van der Waals surface area contributed by atoms with Crippen molar-refractivity contribution >= 4 is 39.9 Å². The first kappa shape index (κ1) is 21.4. The summed E-state index contributed by atoms with van der Waals surface area (Å²) in [5, 5.41) is 12.9. The number of amides is 2. The highest BCUT2D eigenvalue weighted by Crippen LogP contribution is 2.26. The predicted octanol–water partition coefficient (Wildman–Crippen LogP) is 3.56. The van der Waals surface area contributed by atoms with E-state index in [9.17, 15) is 9.59 Å². The number of halogens is 1. The van der Waals surface area contributed by atoms with Crippen LogP contribution in [0.3, 0.4) is 0 Å². The second-order valence-electron chi connectivity index (χ2n) is 7.41. The molecule has 3 aromatic rings. The number of benzene rings is 2. The number of rotatable bonds is 5. The molecule has 9 heteroatoms. The fourth-order valence-electron chi connectivity index (χ4n) is 3.44. The summed E-state index contributed by atoms with van der Waals surface area (Å²) in [7, 11) is 0. The Morgan fingerprint density at radius 3 is 2.58 bits per heavy atom. The van der Waals surface area contributed by atoms with Crippen LogP contribution in [0.1, 0.15) is 15.9 Å². The lowest BCUT2D eigenvalue weighted by molar-refractivity contribution is -0.117. The average molecular weight is 456 g/mol. The van der Waals surface area contributed by atoms with Crippen molar-refractivity contribution in [2.45, 2.75) is 6.92 Å². The monoisotopic (exact) mass is 455 g/mol. The Morgan fingerprint density at radius 1 is 1.06 bits per heavy atom. The standard InChI is InChI=1S/C22H22ClN5O2S/c1-15-4-2-5-16(12-15)20-25-26-22(31-20)24-19(29)14-27-8-10-28(11-9-27)21(30)17-6-3-7-18(23)13-17/h2-7,12-13H,8-11,14H2,1H3,(H,24,26,29). The Morgan fingerprint density at radius 2 is 1.84 bits per heavy atom. The molecule has 2 heterocycles. The first-order chi connectivity index (χ1) is 15.0. The number of aromatic nitrogens is 2. The number of carbonyl (C=O) groups is 2. The smallest absolute Gasteiger partial charge is 0.253 e. The van der Waals surface area contributed by atoms with Gasteiger partial charge in [-0.25, -0.2) is 0 Å². The summed E-state index contributed by atoms with van der Waals surface area (Å²) in [5.41, 5.74) is 2.71. The van der Waals surface area contributed by atoms with E-state index in [0.717, 1.165) is 16.1 Å². The number of hydrogen-bond acceptors (Lipinski definition) is 6. The molecule has 0 bridgehead atoms. The van der Waals surface area contributed by atoms with Crippen molar-refractivity contribution < 1.29 is 9.59 Å². The molecule has 1 aromatic heterocycles. The number of nitrogens with one attached hydrogen (secondary N) is 1. The van der Waals surface area contributed by atoms with E-state index >= 15 is 0 Å². The van der Waals surface area contributed by atoms with Gasteiger partial charge < -0.3 is 4.90 Å². The van der Waals surface area contributed by atoms with Crippen LogP contribution < -0.4 is 5.32 Å². The fourth-order valence-corrected chi connectivity index (χ4v) is 4.39. The first-order valence-electron chi connectivity index (χ1n) is 9.95. The number of aryl methyl sites for hydroxylation is 1. The third-order valence-electron chi connectivity index (χ3n) is 5.03. The Bertz CT molecular complexity index is 1090. The maximum absolute atomic E-state index is 12.6. The van der Waals surface area contributed by atoms with Gasteiger partial charge in [0.15, 0.2) is 0 Å². The summed E-state index contributed by atoms with van der Waals surface area (Å²) < 4.78 is 0. The molecule has 4 rings (SSSR count). The zero-order valence-electron chi connectivity index (χ0n) is 17.0. The second kappa shape index (κ2) is 9.55. The molecular weight excluding hydrogens is 434 g/mol. The third kappa shape index (κ3) is 5.46. The van der Waals surface area contributed by atoms with Crippen molar-refractivity contribution in [3.63, 3.8) is 0 Å². The maximum Gasteiger partial charge on any atom is 0.253 e. The summed E-state index contributed by atoms with van der Waals surface area (Å²) in [4.78, 5) is 28.9. The van der Waals surface area contributed by atoms with Crippen molar-refractivity contribution in [3.05, 3.63) is 64.7 Å². The van der Waals surface area contributed by atoms with Gasteiger partial charge in [-0.3, -0.25) is 19.8 Å². The first-order valence-corrected chi connectivity index (χ1v) is 11.1. The van der Waals surface area contributed by atoms with Gasteiger partial charge >= 0.3 is 0 Å². The minimum atomic E-state index is -0.137. The van der Waals surface area contributed by atoms with E-state index < -0.39 is 0 Å². The number of carbonyl (C=O) groups excluding carboxylic acids is 2. The quantitative estimate of drug-likeness (QED) is 0.636. The minimum Gasteiger partial charge on any atom is -0.336 e. The van der Waals surface area contributed by atoms with E-state index in [1.165, 1.54) is 11.3 Å². The molecule has 0 atom stereocenters. The van der Waals surface area contributed by atoms with Crippen LogP contribution in [0.5, 0.6) is 0 Å². The molecule has 1 fully saturated rings. The molecular formula is C22H22ClN5O2S. The zero-order chi connectivity index (χ0) is 21.8. The lowest BCUT2D eigenvalue weighted by atomic mass is 10.1. The van der Waals surface area contributed by atoms with Gasteiger partial charge in [0.1, 0.15) is 5.01 Å². The van der Waals surface area contributed by atoms with E-state index in [1.54, 1.807) is 29.2 Å². The van der Waals surface area contributed by atoms with Crippen molar-refractivity contribution in [2.24, 2.45) is 0 Å². The Kier molecular flexibility index (Phi) is 6.60. The molecule has 2 amide bonds. The molecule has 0 radical (unpaired) electrons.